The van der Waals surface area contributed by atoms with E-state index in [9.17, 15) is 19.0 Å². The first kappa shape index (κ1) is 58.0. The van der Waals surface area contributed by atoms with Gasteiger partial charge >= 0.3 is 11.9 Å². The summed E-state index contributed by atoms with van der Waals surface area (Å²) in [6.45, 7) is 4.16. The fourth-order valence-corrected chi connectivity index (χ4v) is 7.22. The Morgan fingerprint density at radius 2 is 0.917 bits per heavy atom. The van der Waals surface area contributed by atoms with Crippen molar-refractivity contribution in [2.75, 3.05) is 47.5 Å². The third-order valence-electron chi connectivity index (χ3n) is 10.3. The summed E-state index contributed by atoms with van der Waals surface area (Å²) in [5.74, 6) is -0.890. The standard InChI is InChI=1S/C50H92NO8P/c1-6-8-10-12-14-16-18-20-22-24-25-27-29-31-33-35-37-39-41-43-50(53)59-48(47-58-60(54,55)57-45-44-51(3,4)5)46-56-49(52)42-40-38-36-34-32-30-28-26-23-21-19-17-15-13-11-9-7-2/h14,16,20,22,28,30,34,36,48H,6-13,15,17-19,21,23-27,29,31-33,35,37-47H2,1-5H3/b16-14+,22-20+,30-28+,36-34+/t48-/m1/s1. The lowest BCUT2D eigenvalue weighted by Gasteiger charge is -2.28. The van der Waals surface area contributed by atoms with Crippen LogP contribution >= 0.6 is 7.82 Å². The molecule has 0 aliphatic heterocycles. The number of carbonyl (C=O) groups is 2. The Labute approximate surface area is 369 Å². The molecule has 350 valence electrons. The number of phosphoric acid groups is 1. The zero-order valence-corrected chi connectivity index (χ0v) is 40.3. The predicted octanol–water partition coefficient (Wildman–Crippen LogP) is 13.6. The molecule has 0 N–H and O–H groups in total. The quantitative estimate of drug-likeness (QED) is 0.0196. The van der Waals surface area contributed by atoms with Crippen molar-refractivity contribution in [2.45, 2.75) is 213 Å². The van der Waals surface area contributed by atoms with Gasteiger partial charge in [0.05, 0.1) is 27.7 Å². The molecule has 0 fully saturated rings. The van der Waals surface area contributed by atoms with E-state index in [2.05, 4.69) is 62.5 Å². The molecule has 0 spiro atoms. The van der Waals surface area contributed by atoms with E-state index in [-0.39, 0.29) is 26.1 Å². The SMILES string of the molecule is CCCCC/C=C/C/C=C/CCCCCCCCCCCC(=O)O[C@H](COC(=O)CCC/C=C/C/C=C/CCCCCCCCCCC)COP(=O)([O-])OCC[N+](C)(C)C. The van der Waals surface area contributed by atoms with Crippen molar-refractivity contribution in [1.29, 1.82) is 0 Å². The van der Waals surface area contributed by atoms with Gasteiger partial charge < -0.3 is 27.9 Å². The molecule has 0 radical (unpaired) electrons. The number of quaternary nitrogens is 1. The monoisotopic (exact) mass is 866 g/mol. The molecule has 9 nitrogen and oxygen atoms in total. The maximum atomic E-state index is 12.7. The molecule has 60 heavy (non-hydrogen) atoms. The first-order valence-electron chi connectivity index (χ1n) is 24.3. The number of unbranched alkanes of at least 4 members (excludes halogenated alkanes) is 22. The number of ether oxygens (including phenoxy) is 2. The molecule has 0 aromatic heterocycles. The van der Waals surface area contributed by atoms with Crippen LogP contribution in [0.3, 0.4) is 0 Å². The van der Waals surface area contributed by atoms with Gasteiger partial charge in [0.25, 0.3) is 7.82 Å². The van der Waals surface area contributed by atoms with Gasteiger partial charge in [-0.05, 0) is 70.6 Å². The Morgan fingerprint density at radius 3 is 1.40 bits per heavy atom. The highest BCUT2D eigenvalue weighted by molar-refractivity contribution is 7.45. The van der Waals surface area contributed by atoms with Crippen LogP contribution in [0.15, 0.2) is 48.6 Å². The van der Waals surface area contributed by atoms with E-state index in [4.69, 9.17) is 18.5 Å². The van der Waals surface area contributed by atoms with Gasteiger partial charge in [-0.3, -0.25) is 14.2 Å². The normalized spacial score (nSPS) is 13.9. The van der Waals surface area contributed by atoms with Crippen LogP contribution in [0, 0.1) is 0 Å². The molecule has 0 saturated carbocycles. The average molecular weight is 866 g/mol. The summed E-state index contributed by atoms with van der Waals surface area (Å²) in [6, 6.07) is 0. The van der Waals surface area contributed by atoms with E-state index in [0.29, 0.717) is 23.9 Å². The molecule has 0 bridgehead atoms. The van der Waals surface area contributed by atoms with E-state index in [1.807, 2.05) is 21.1 Å². The van der Waals surface area contributed by atoms with Crippen LogP contribution < -0.4 is 4.89 Å². The predicted molar refractivity (Wildman–Crippen MR) is 250 cm³/mol. The molecule has 0 aliphatic rings. The number of esters is 2. The molecular formula is C50H92NO8P. The molecule has 0 rings (SSSR count). The number of phosphoric ester groups is 1. The number of carbonyl (C=O) groups excluding carboxylic acids is 2. The highest BCUT2D eigenvalue weighted by Gasteiger charge is 2.21. The van der Waals surface area contributed by atoms with Crippen LogP contribution in [0.4, 0.5) is 0 Å². The summed E-state index contributed by atoms with van der Waals surface area (Å²) in [5, 5.41) is 0. The number of hydrogen-bond acceptors (Lipinski definition) is 8. The summed E-state index contributed by atoms with van der Waals surface area (Å²) < 4.78 is 33.9. The molecule has 0 heterocycles. The Kier molecular flexibility index (Phi) is 40.8. The molecule has 2 atom stereocenters. The highest BCUT2D eigenvalue weighted by Crippen LogP contribution is 2.38. The lowest BCUT2D eigenvalue weighted by atomic mass is 10.1. The highest BCUT2D eigenvalue weighted by atomic mass is 31.2. The van der Waals surface area contributed by atoms with Gasteiger partial charge in [-0.15, -0.1) is 0 Å². The maximum Gasteiger partial charge on any atom is 0.306 e. The maximum absolute atomic E-state index is 12.7. The molecule has 0 aliphatic carbocycles. The van der Waals surface area contributed by atoms with Crippen LogP contribution in [-0.4, -0.2) is 70.0 Å². The van der Waals surface area contributed by atoms with Gasteiger partial charge in [-0.1, -0.05) is 172 Å². The second-order valence-corrected chi connectivity index (χ2v) is 18.9. The van der Waals surface area contributed by atoms with Gasteiger partial charge in [0.2, 0.25) is 0 Å². The lowest BCUT2D eigenvalue weighted by molar-refractivity contribution is -0.870. The van der Waals surface area contributed by atoms with Crippen molar-refractivity contribution in [3.63, 3.8) is 0 Å². The van der Waals surface area contributed by atoms with Crippen LogP contribution in [-0.2, 0) is 32.7 Å². The van der Waals surface area contributed by atoms with Gasteiger partial charge in [0.1, 0.15) is 19.8 Å². The van der Waals surface area contributed by atoms with Gasteiger partial charge in [-0.2, -0.15) is 0 Å². The van der Waals surface area contributed by atoms with E-state index in [0.717, 1.165) is 51.4 Å². The minimum atomic E-state index is -4.64. The van der Waals surface area contributed by atoms with Crippen molar-refractivity contribution in [3.05, 3.63) is 48.6 Å². The largest absolute Gasteiger partial charge is 0.756 e. The number of hydrogen-bond donors (Lipinski definition) is 0. The number of allylic oxidation sites excluding steroid dienone is 8. The van der Waals surface area contributed by atoms with Crippen molar-refractivity contribution in [1.82, 2.24) is 0 Å². The fourth-order valence-electron chi connectivity index (χ4n) is 6.49. The molecule has 0 amide bonds. The average Bonchev–Trinajstić information content (AvgIpc) is 3.20. The number of likely N-dealkylation sites (N-methyl/N-ethyl adjacent to an activating group) is 1. The Morgan fingerprint density at radius 1 is 0.517 bits per heavy atom. The van der Waals surface area contributed by atoms with Crippen molar-refractivity contribution in [3.8, 4) is 0 Å². The first-order valence-corrected chi connectivity index (χ1v) is 25.8. The van der Waals surface area contributed by atoms with E-state index in [1.54, 1.807) is 0 Å². The Hall–Kier alpha value is -2.03. The smallest absolute Gasteiger partial charge is 0.306 e. The second kappa shape index (κ2) is 42.3. The van der Waals surface area contributed by atoms with Crippen molar-refractivity contribution >= 4 is 19.8 Å². The second-order valence-electron chi connectivity index (χ2n) is 17.5. The molecule has 0 saturated heterocycles. The van der Waals surface area contributed by atoms with Crippen molar-refractivity contribution < 1.29 is 42.1 Å². The topological polar surface area (TPSA) is 111 Å². The minimum absolute atomic E-state index is 0.0387. The van der Waals surface area contributed by atoms with Crippen LogP contribution in [0.25, 0.3) is 0 Å². The minimum Gasteiger partial charge on any atom is -0.756 e. The summed E-state index contributed by atoms with van der Waals surface area (Å²) in [5.41, 5.74) is 0. The summed E-state index contributed by atoms with van der Waals surface area (Å²) >= 11 is 0. The first-order chi connectivity index (χ1) is 29.0. The third-order valence-corrected chi connectivity index (χ3v) is 11.3. The lowest BCUT2D eigenvalue weighted by Crippen LogP contribution is -2.37. The Bertz CT molecular complexity index is 1160. The van der Waals surface area contributed by atoms with Crippen LogP contribution in [0.1, 0.15) is 206 Å². The van der Waals surface area contributed by atoms with Gasteiger partial charge in [0, 0.05) is 12.8 Å². The molecule has 0 aromatic rings. The summed E-state index contributed by atoms with van der Waals surface area (Å²) in [6.07, 6.45) is 50.0. The van der Waals surface area contributed by atoms with Gasteiger partial charge in [-0.25, -0.2) is 0 Å². The van der Waals surface area contributed by atoms with Crippen LogP contribution in [0.2, 0.25) is 0 Å². The summed E-state index contributed by atoms with van der Waals surface area (Å²) in [4.78, 5) is 37.6. The zero-order chi connectivity index (χ0) is 44.3. The molecule has 10 heteroatoms. The third kappa shape index (κ3) is 45.5. The van der Waals surface area contributed by atoms with E-state index in [1.165, 1.54) is 116 Å². The number of rotatable bonds is 44. The van der Waals surface area contributed by atoms with E-state index < -0.39 is 32.5 Å². The molecular weight excluding hydrogens is 774 g/mol. The van der Waals surface area contributed by atoms with E-state index >= 15 is 0 Å². The van der Waals surface area contributed by atoms with Gasteiger partial charge in [0.15, 0.2) is 6.10 Å². The molecule has 0 aromatic carbocycles. The van der Waals surface area contributed by atoms with Crippen molar-refractivity contribution in [2.24, 2.45) is 0 Å². The Balaban J connectivity index is 4.36. The molecule has 1 unspecified atom stereocenters. The summed E-state index contributed by atoms with van der Waals surface area (Å²) in [7, 11) is 1.14. The fraction of sp³-hybridized carbons (Fsp3) is 0.800. The van der Waals surface area contributed by atoms with Crippen LogP contribution in [0.5, 0.6) is 0 Å². The zero-order valence-electron chi connectivity index (χ0n) is 39.4. The number of nitrogens with zero attached hydrogens (tertiary/aromatic N) is 1.